The Morgan fingerprint density at radius 3 is 3.00 bits per heavy atom. The zero-order chi connectivity index (χ0) is 18.8. The second-order valence-corrected chi connectivity index (χ2v) is 7.13. The molecule has 0 aliphatic carbocycles. The normalized spacial score (nSPS) is 17.3. The van der Waals surface area contributed by atoms with Crippen molar-refractivity contribution in [3.63, 3.8) is 0 Å². The summed E-state index contributed by atoms with van der Waals surface area (Å²) in [5.74, 6) is 1.20. The van der Waals surface area contributed by atoms with E-state index in [1.807, 2.05) is 30.0 Å². The van der Waals surface area contributed by atoms with Gasteiger partial charge in [0, 0.05) is 37.3 Å². The molecular formula is C20H24N6O. The van der Waals surface area contributed by atoms with Gasteiger partial charge in [0.1, 0.15) is 0 Å². The number of hydrogen-bond acceptors (Lipinski definition) is 5. The SMILES string of the molecule is CC(=O)N1CCC[C@H](c2ccc3c(NCc4cccc(C)n4)n[nH]c3n2)C1. The largest absolute Gasteiger partial charge is 0.362 e. The van der Waals surface area contributed by atoms with E-state index in [-0.39, 0.29) is 11.8 Å². The van der Waals surface area contributed by atoms with Gasteiger partial charge in [-0.05, 0) is 44.0 Å². The minimum atomic E-state index is 0.138. The molecule has 3 aromatic heterocycles. The number of aromatic amines is 1. The molecule has 1 amide bonds. The molecule has 1 fully saturated rings. The smallest absolute Gasteiger partial charge is 0.219 e. The van der Waals surface area contributed by atoms with Crippen LogP contribution in [-0.4, -0.2) is 44.1 Å². The lowest BCUT2D eigenvalue weighted by molar-refractivity contribution is -0.130. The standard InChI is InChI=1S/C20H24N6O/c1-13-5-3-7-16(22-13)11-21-19-17-8-9-18(23-20(17)25-24-19)15-6-4-10-26(12-15)14(2)27/h3,5,7-9,15H,4,6,10-12H2,1-2H3,(H2,21,23,24,25)/t15-/m0/s1. The first kappa shape index (κ1) is 17.5. The molecule has 140 valence electrons. The average molecular weight is 364 g/mol. The van der Waals surface area contributed by atoms with Gasteiger partial charge in [0.05, 0.1) is 17.6 Å². The molecule has 7 heteroatoms. The molecule has 1 saturated heterocycles. The van der Waals surface area contributed by atoms with Crippen LogP contribution in [0.1, 0.15) is 42.8 Å². The highest BCUT2D eigenvalue weighted by molar-refractivity contribution is 5.87. The molecule has 0 aromatic carbocycles. The summed E-state index contributed by atoms with van der Waals surface area (Å²) < 4.78 is 0. The maximum absolute atomic E-state index is 11.7. The molecule has 2 N–H and O–H groups in total. The van der Waals surface area contributed by atoms with E-state index >= 15 is 0 Å². The summed E-state index contributed by atoms with van der Waals surface area (Å²) in [5.41, 5.74) is 3.76. The Kier molecular flexibility index (Phi) is 4.75. The van der Waals surface area contributed by atoms with Crippen LogP contribution in [-0.2, 0) is 11.3 Å². The number of anilines is 1. The van der Waals surface area contributed by atoms with Gasteiger partial charge in [0.25, 0.3) is 0 Å². The minimum Gasteiger partial charge on any atom is -0.362 e. The molecule has 4 heterocycles. The van der Waals surface area contributed by atoms with Crippen molar-refractivity contribution in [1.29, 1.82) is 0 Å². The van der Waals surface area contributed by atoms with Crippen LogP contribution in [0.15, 0.2) is 30.3 Å². The zero-order valence-corrected chi connectivity index (χ0v) is 15.7. The molecule has 0 radical (unpaired) electrons. The van der Waals surface area contributed by atoms with Crippen molar-refractivity contribution in [2.75, 3.05) is 18.4 Å². The number of amides is 1. The molecule has 3 aromatic rings. The summed E-state index contributed by atoms with van der Waals surface area (Å²) in [6.45, 7) is 5.82. The number of pyridine rings is 2. The molecule has 1 atom stereocenters. The van der Waals surface area contributed by atoms with Crippen molar-refractivity contribution in [2.24, 2.45) is 0 Å². The lowest BCUT2D eigenvalue weighted by Gasteiger charge is -2.31. The lowest BCUT2D eigenvalue weighted by atomic mass is 9.94. The first-order chi connectivity index (χ1) is 13.1. The summed E-state index contributed by atoms with van der Waals surface area (Å²) >= 11 is 0. The second kappa shape index (κ2) is 7.34. The fourth-order valence-electron chi connectivity index (χ4n) is 3.66. The number of aryl methyl sites for hydroxylation is 1. The van der Waals surface area contributed by atoms with E-state index < -0.39 is 0 Å². The first-order valence-corrected chi connectivity index (χ1v) is 9.37. The van der Waals surface area contributed by atoms with Crippen molar-refractivity contribution < 1.29 is 4.79 Å². The number of nitrogens with zero attached hydrogens (tertiary/aromatic N) is 4. The highest BCUT2D eigenvalue weighted by atomic mass is 16.2. The van der Waals surface area contributed by atoms with Gasteiger partial charge in [-0.1, -0.05) is 6.07 Å². The van der Waals surface area contributed by atoms with E-state index in [2.05, 4.69) is 32.6 Å². The number of aromatic nitrogens is 4. The predicted molar refractivity (Wildman–Crippen MR) is 104 cm³/mol. The lowest BCUT2D eigenvalue weighted by Crippen LogP contribution is -2.37. The van der Waals surface area contributed by atoms with E-state index in [0.29, 0.717) is 6.54 Å². The summed E-state index contributed by atoms with van der Waals surface area (Å²) in [5, 5.41) is 11.7. The summed E-state index contributed by atoms with van der Waals surface area (Å²) in [7, 11) is 0. The second-order valence-electron chi connectivity index (χ2n) is 7.13. The van der Waals surface area contributed by atoms with Gasteiger partial charge < -0.3 is 10.2 Å². The van der Waals surface area contributed by atoms with Gasteiger partial charge in [0.2, 0.25) is 5.91 Å². The van der Waals surface area contributed by atoms with Crippen LogP contribution in [0, 0.1) is 6.92 Å². The number of piperidine rings is 1. The summed E-state index contributed by atoms with van der Waals surface area (Å²) in [6.07, 6.45) is 2.07. The van der Waals surface area contributed by atoms with Crippen LogP contribution in [0.5, 0.6) is 0 Å². The van der Waals surface area contributed by atoms with Crippen molar-refractivity contribution in [3.05, 3.63) is 47.4 Å². The number of nitrogens with one attached hydrogen (secondary N) is 2. The maximum Gasteiger partial charge on any atom is 0.219 e. The van der Waals surface area contributed by atoms with Crippen molar-refractivity contribution in [1.82, 2.24) is 25.1 Å². The van der Waals surface area contributed by atoms with E-state index in [9.17, 15) is 4.79 Å². The van der Waals surface area contributed by atoms with Crippen LogP contribution in [0.4, 0.5) is 5.82 Å². The summed E-state index contributed by atoms with van der Waals surface area (Å²) in [6, 6.07) is 10.1. The fraction of sp³-hybridized carbons (Fsp3) is 0.400. The van der Waals surface area contributed by atoms with Crippen LogP contribution in [0.3, 0.4) is 0 Å². The van der Waals surface area contributed by atoms with E-state index in [1.54, 1.807) is 6.92 Å². The third kappa shape index (κ3) is 3.77. The van der Waals surface area contributed by atoms with Crippen LogP contribution in [0.25, 0.3) is 11.0 Å². The zero-order valence-electron chi connectivity index (χ0n) is 15.7. The van der Waals surface area contributed by atoms with Gasteiger partial charge in [-0.2, -0.15) is 5.10 Å². The van der Waals surface area contributed by atoms with Gasteiger partial charge >= 0.3 is 0 Å². The Labute approximate surface area is 158 Å². The molecule has 1 aliphatic rings. The molecular weight excluding hydrogens is 340 g/mol. The molecule has 7 nitrogen and oxygen atoms in total. The number of carbonyl (C=O) groups excluding carboxylic acids is 1. The number of likely N-dealkylation sites (tertiary alicyclic amines) is 1. The van der Waals surface area contributed by atoms with Crippen LogP contribution >= 0.6 is 0 Å². The Morgan fingerprint density at radius 2 is 2.19 bits per heavy atom. The number of carbonyl (C=O) groups is 1. The quantitative estimate of drug-likeness (QED) is 0.743. The summed E-state index contributed by atoms with van der Waals surface area (Å²) in [4.78, 5) is 22.9. The Morgan fingerprint density at radius 1 is 1.30 bits per heavy atom. The highest BCUT2D eigenvalue weighted by Gasteiger charge is 2.24. The monoisotopic (exact) mass is 364 g/mol. The van der Waals surface area contributed by atoms with Crippen molar-refractivity contribution >= 4 is 22.8 Å². The number of hydrogen-bond donors (Lipinski definition) is 2. The third-order valence-electron chi connectivity index (χ3n) is 5.11. The fourth-order valence-corrected chi connectivity index (χ4v) is 3.66. The Hall–Kier alpha value is -2.96. The molecule has 4 rings (SSSR count). The number of rotatable bonds is 4. The number of H-pyrrole nitrogens is 1. The minimum absolute atomic E-state index is 0.138. The molecule has 0 unspecified atom stereocenters. The molecule has 1 aliphatic heterocycles. The molecule has 27 heavy (non-hydrogen) atoms. The van der Waals surface area contributed by atoms with E-state index in [1.165, 1.54) is 0 Å². The van der Waals surface area contributed by atoms with Crippen molar-refractivity contribution in [3.8, 4) is 0 Å². The molecule has 0 spiro atoms. The van der Waals surface area contributed by atoms with Crippen LogP contribution in [0.2, 0.25) is 0 Å². The Balaban J connectivity index is 1.50. The first-order valence-electron chi connectivity index (χ1n) is 9.37. The third-order valence-corrected chi connectivity index (χ3v) is 5.11. The number of fused-ring (bicyclic) bond motifs is 1. The average Bonchev–Trinajstić information content (AvgIpc) is 3.09. The van der Waals surface area contributed by atoms with Crippen molar-refractivity contribution in [2.45, 2.75) is 39.2 Å². The molecule has 0 bridgehead atoms. The molecule has 0 saturated carbocycles. The highest BCUT2D eigenvalue weighted by Crippen LogP contribution is 2.28. The topological polar surface area (TPSA) is 86.8 Å². The van der Waals surface area contributed by atoms with Gasteiger partial charge in [-0.3, -0.25) is 14.9 Å². The van der Waals surface area contributed by atoms with E-state index in [4.69, 9.17) is 4.98 Å². The Bertz CT molecular complexity index is 966. The van der Waals surface area contributed by atoms with Crippen LogP contribution < -0.4 is 5.32 Å². The van der Waals surface area contributed by atoms with Gasteiger partial charge in [0.15, 0.2) is 11.5 Å². The van der Waals surface area contributed by atoms with Gasteiger partial charge in [-0.25, -0.2) is 4.98 Å². The predicted octanol–water partition coefficient (Wildman–Crippen LogP) is 3.00. The maximum atomic E-state index is 11.7. The van der Waals surface area contributed by atoms with Gasteiger partial charge in [-0.15, -0.1) is 0 Å². The van der Waals surface area contributed by atoms with E-state index in [0.717, 1.165) is 59.9 Å².